The molecule has 0 aliphatic carbocycles. The normalized spacial score (nSPS) is 10.9. The molecule has 2 heterocycles. The van der Waals surface area contributed by atoms with Crippen molar-refractivity contribution in [3.63, 3.8) is 0 Å². The van der Waals surface area contributed by atoms with Crippen molar-refractivity contribution in [1.29, 1.82) is 0 Å². The van der Waals surface area contributed by atoms with Crippen molar-refractivity contribution in [1.82, 2.24) is 19.6 Å². The Labute approximate surface area is 161 Å². The van der Waals surface area contributed by atoms with Crippen LogP contribution in [0.4, 0.5) is 5.69 Å². The average Bonchev–Trinajstić information content (AvgIpc) is 3.08. The third-order valence-electron chi connectivity index (χ3n) is 4.42. The van der Waals surface area contributed by atoms with Gasteiger partial charge in [-0.15, -0.1) is 0 Å². The SMILES string of the molecule is Cc1nn(Cc2ccccc2)c(C)c1NC(=O)CCn1ncc(Br)c1C. The zero-order valence-electron chi connectivity index (χ0n) is 15.2. The minimum Gasteiger partial charge on any atom is -0.323 e. The summed E-state index contributed by atoms with van der Waals surface area (Å²) >= 11 is 3.43. The number of halogens is 1. The molecule has 0 fully saturated rings. The number of benzene rings is 1. The van der Waals surface area contributed by atoms with Crippen molar-refractivity contribution in [3.8, 4) is 0 Å². The van der Waals surface area contributed by atoms with E-state index >= 15 is 0 Å². The lowest BCUT2D eigenvalue weighted by molar-refractivity contribution is -0.116. The number of nitrogens with one attached hydrogen (secondary N) is 1. The van der Waals surface area contributed by atoms with Gasteiger partial charge in [-0.3, -0.25) is 14.2 Å². The second-order valence-corrected chi connectivity index (χ2v) is 7.14. The molecule has 0 bridgehead atoms. The number of hydrogen-bond acceptors (Lipinski definition) is 3. The van der Waals surface area contributed by atoms with Gasteiger partial charge in [-0.1, -0.05) is 30.3 Å². The molecular weight excluding hydrogens is 394 g/mol. The minimum atomic E-state index is -0.0403. The summed E-state index contributed by atoms with van der Waals surface area (Å²) in [6.07, 6.45) is 2.10. The first-order chi connectivity index (χ1) is 12.5. The third kappa shape index (κ3) is 4.04. The lowest BCUT2D eigenvalue weighted by Crippen LogP contribution is -2.16. The van der Waals surface area contributed by atoms with Crippen LogP contribution >= 0.6 is 15.9 Å². The van der Waals surface area contributed by atoms with Gasteiger partial charge >= 0.3 is 0 Å². The Morgan fingerprint density at radius 2 is 1.85 bits per heavy atom. The van der Waals surface area contributed by atoms with E-state index in [1.54, 1.807) is 6.20 Å². The fraction of sp³-hybridized carbons (Fsp3) is 0.316. The maximum Gasteiger partial charge on any atom is 0.226 e. The molecular formula is C19H22BrN5O. The Hall–Kier alpha value is -2.41. The zero-order chi connectivity index (χ0) is 18.7. The first-order valence-corrected chi connectivity index (χ1v) is 9.30. The third-order valence-corrected chi connectivity index (χ3v) is 5.19. The van der Waals surface area contributed by atoms with Crippen molar-refractivity contribution in [2.24, 2.45) is 0 Å². The molecule has 0 aliphatic rings. The molecule has 3 rings (SSSR count). The Balaban J connectivity index is 1.65. The summed E-state index contributed by atoms with van der Waals surface area (Å²) in [5.41, 5.74) is 4.77. The van der Waals surface area contributed by atoms with Gasteiger partial charge in [0.2, 0.25) is 5.91 Å². The van der Waals surface area contributed by atoms with Gasteiger partial charge in [0.1, 0.15) is 0 Å². The molecule has 0 spiro atoms. The Morgan fingerprint density at radius 1 is 1.12 bits per heavy atom. The highest BCUT2D eigenvalue weighted by atomic mass is 79.9. The molecule has 1 aromatic carbocycles. The molecule has 0 saturated heterocycles. The van der Waals surface area contributed by atoms with E-state index in [0.29, 0.717) is 19.5 Å². The standard InChI is InChI=1S/C19H22BrN5O/c1-13-19(15(3)25(23-13)12-16-7-5-4-6-8-16)22-18(26)9-10-24-14(2)17(20)11-21-24/h4-8,11H,9-10,12H2,1-3H3,(H,22,26). The van der Waals surface area contributed by atoms with Crippen LogP contribution in [0, 0.1) is 20.8 Å². The molecule has 0 unspecified atom stereocenters. The van der Waals surface area contributed by atoms with E-state index in [0.717, 1.165) is 27.2 Å². The summed E-state index contributed by atoms with van der Waals surface area (Å²) in [6.45, 7) is 7.09. The molecule has 136 valence electrons. The Bertz CT molecular complexity index is 914. The number of aromatic nitrogens is 4. The van der Waals surface area contributed by atoms with Gasteiger partial charge in [0, 0.05) is 12.1 Å². The van der Waals surface area contributed by atoms with Gasteiger partial charge in [-0.25, -0.2) is 0 Å². The van der Waals surface area contributed by atoms with Crippen LogP contribution in [0.3, 0.4) is 0 Å². The predicted molar refractivity (Wildman–Crippen MR) is 105 cm³/mol. The molecule has 3 aromatic rings. The van der Waals surface area contributed by atoms with Crippen LogP contribution in [0.5, 0.6) is 0 Å². The molecule has 1 N–H and O–H groups in total. The van der Waals surface area contributed by atoms with Crippen molar-refractivity contribution in [3.05, 3.63) is 63.6 Å². The second-order valence-electron chi connectivity index (χ2n) is 6.29. The van der Waals surface area contributed by atoms with E-state index in [4.69, 9.17) is 0 Å². The summed E-state index contributed by atoms with van der Waals surface area (Å²) in [7, 11) is 0. The van der Waals surface area contributed by atoms with Gasteiger partial charge in [0.05, 0.1) is 40.8 Å². The number of aryl methyl sites for hydroxylation is 2. The lowest BCUT2D eigenvalue weighted by atomic mass is 10.2. The molecule has 0 aliphatic heterocycles. The quantitative estimate of drug-likeness (QED) is 0.664. The van der Waals surface area contributed by atoms with E-state index in [-0.39, 0.29) is 5.91 Å². The lowest BCUT2D eigenvalue weighted by Gasteiger charge is -2.08. The van der Waals surface area contributed by atoms with Crippen LogP contribution < -0.4 is 5.32 Å². The van der Waals surface area contributed by atoms with Gasteiger partial charge in [-0.2, -0.15) is 10.2 Å². The molecule has 0 radical (unpaired) electrons. The minimum absolute atomic E-state index is 0.0403. The summed E-state index contributed by atoms with van der Waals surface area (Å²) in [5.74, 6) is -0.0403. The summed E-state index contributed by atoms with van der Waals surface area (Å²) < 4.78 is 4.70. The van der Waals surface area contributed by atoms with Crippen molar-refractivity contribution < 1.29 is 4.79 Å². The highest BCUT2D eigenvalue weighted by Gasteiger charge is 2.15. The fourth-order valence-corrected chi connectivity index (χ4v) is 3.14. The fourth-order valence-electron chi connectivity index (χ4n) is 2.85. The van der Waals surface area contributed by atoms with Crippen molar-refractivity contribution in [2.45, 2.75) is 40.3 Å². The molecule has 0 atom stereocenters. The number of hydrogen-bond donors (Lipinski definition) is 1. The van der Waals surface area contributed by atoms with Gasteiger partial charge < -0.3 is 5.32 Å². The highest BCUT2D eigenvalue weighted by Crippen LogP contribution is 2.21. The van der Waals surface area contributed by atoms with E-state index in [2.05, 4.69) is 43.6 Å². The monoisotopic (exact) mass is 415 g/mol. The average molecular weight is 416 g/mol. The molecule has 0 saturated carbocycles. The van der Waals surface area contributed by atoms with Gasteiger partial charge in [0.15, 0.2) is 0 Å². The summed E-state index contributed by atoms with van der Waals surface area (Å²) in [4.78, 5) is 12.4. The molecule has 6 nitrogen and oxygen atoms in total. The maximum absolute atomic E-state index is 12.4. The van der Waals surface area contributed by atoms with E-state index in [1.807, 2.05) is 48.3 Å². The van der Waals surface area contributed by atoms with Crippen LogP contribution in [-0.2, 0) is 17.9 Å². The van der Waals surface area contributed by atoms with E-state index in [1.165, 1.54) is 5.56 Å². The number of nitrogens with zero attached hydrogens (tertiary/aromatic N) is 4. The number of carbonyl (C=O) groups excluding carboxylic acids is 1. The van der Waals surface area contributed by atoms with Crippen LogP contribution in [0.15, 0.2) is 41.0 Å². The topological polar surface area (TPSA) is 64.7 Å². The van der Waals surface area contributed by atoms with Crippen molar-refractivity contribution in [2.75, 3.05) is 5.32 Å². The molecule has 7 heteroatoms. The first kappa shape index (κ1) is 18.4. The smallest absolute Gasteiger partial charge is 0.226 e. The zero-order valence-corrected chi connectivity index (χ0v) is 16.7. The number of carbonyl (C=O) groups is 1. The Kier molecular flexibility index (Phi) is 5.56. The van der Waals surface area contributed by atoms with E-state index < -0.39 is 0 Å². The maximum atomic E-state index is 12.4. The molecule has 26 heavy (non-hydrogen) atoms. The summed E-state index contributed by atoms with van der Waals surface area (Å²) in [5, 5.41) is 11.8. The molecule has 1 amide bonds. The van der Waals surface area contributed by atoms with E-state index in [9.17, 15) is 4.79 Å². The van der Waals surface area contributed by atoms with Gasteiger partial charge in [-0.05, 0) is 42.3 Å². The van der Waals surface area contributed by atoms with Crippen LogP contribution in [0.1, 0.15) is 29.1 Å². The second kappa shape index (κ2) is 7.86. The van der Waals surface area contributed by atoms with Crippen molar-refractivity contribution >= 4 is 27.5 Å². The van der Waals surface area contributed by atoms with Crippen LogP contribution in [0.2, 0.25) is 0 Å². The number of amides is 1. The van der Waals surface area contributed by atoms with Crippen LogP contribution in [0.25, 0.3) is 0 Å². The number of anilines is 1. The summed E-state index contributed by atoms with van der Waals surface area (Å²) in [6, 6.07) is 10.2. The predicted octanol–water partition coefficient (Wildman–Crippen LogP) is 3.84. The number of rotatable bonds is 6. The first-order valence-electron chi connectivity index (χ1n) is 8.51. The highest BCUT2D eigenvalue weighted by molar-refractivity contribution is 9.10. The van der Waals surface area contributed by atoms with Gasteiger partial charge in [0.25, 0.3) is 0 Å². The largest absolute Gasteiger partial charge is 0.323 e. The van der Waals surface area contributed by atoms with Crippen LogP contribution in [-0.4, -0.2) is 25.5 Å². The Morgan fingerprint density at radius 3 is 2.50 bits per heavy atom. The molecule has 2 aromatic heterocycles.